The molecule has 25 heavy (non-hydrogen) atoms. The molecule has 8 heteroatoms. The van der Waals surface area contributed by atoms with E-state index in [1.165, 1.54) is 16.9 Å². The fourth-order valence-electron chi connectivity index (χ4n) is 2.97. The number of anilines is 1. The maximum Gasteiger partial charge on any atom is 0.263 e. The Kier molecular flexibility index (Phi) is 5.70. The van der Waals surface area contributed by atoms with Crippen molar-refractivity contribution in [1.82, 2.24) is 20.5 Å². The van der Waals surface area contributed by atoms with E-state index in [-0.39, 0.29) is 5.91 Å². The standard InChI is InChI=1S/C17H25N5O2S/c1-11-14(12(2)21-20-11)5-4-6-18-16(23)15-13(3)19-17(25-15)22-7-9-24-10-8-22/h4-10H2,1-3H3,(H,18,23)(H,20,21). The van der Waals surface area contributed by atoms with Crippen molar-refractivity contribution < 1.29 is 9.53 Å². The van der Waals surface area contributed by atoms with Gasteiger partial charge in [-0.15, -0.1) is 0 Å². The number of aromatic nitrogens is 3. The summed E-state index contributed by atoms with van der Waals surface area (Å²) in [5.41, 5.74) is 4.19. The number of hydrogen-bond acceptors (Lipinski definition) is 6. The van der Waals surface area contributed by atoms with E-state index < -0.39 is 0 Å². The van der Waals surface area contributed by atoms with Crippen molar-refractivity contribution in [1.29, 1.82) is 0 Å². The molecule has 136 valence electrons. The summed E-state index contributed by atoms with van der Waals surface area (Å²) in [5, 5.41) is 11.1. The molecule has 0 saturated carbocycles. The van der Waals surface area contributed by atoms with E-state index in [0.29, 0.717) is 24.6 Å². The Bertz CT molecular complexity index is 714. The average molecular weight is 363 g/mol. The number of aryl methyl sites for hydroxylation is 3. The smallest absolute Gasteiger partial charge is 0.263 e. The molecule has 0 spiro atoms. The predicted molar refractivity (Wildman–Crippen MR) is 98.6 cm³/mol. The summed E-state index contributed by atoms with van der Waals surface area (Å²) < 4.78 is 5.37. The van der Waals surface area contributed by atoms with Crippen LogP contribution in [0.5, 0.6) is 0 Å². The van der Waals surface area contributed by atoms with Gasteiger partial charge in [-0.1, -0.05) is 11.3 Å². The molecule has 1 fully saturated rings. The van der Waals surface area contributed by atoms with Gasteiger partial charge in [0.05, 0.1) is 24.6 Å². The first-order valence-corrected chi connectivity index (χ1v) is 9.46. The van der Waals surface area contributed by atoms with Crippen LogP contribution < -0.4 is 10.2 Å². The molecule has 1 saturated heterocycles. The van der Waals surface area contributed by atoms with Gasteiger partial charge in [0.1, 0.15) is 4.88 Å². The van der Waals surface area contributed by atoms with Gasteiger partial charge in [-0.3, -0.25) is 9.89 Å². The summed E-state index contributed by atoms with van der Waals surface area (Å²) in [4.78, 5) is 19.9. The Morgan fingerprint density at radius 2 is 2.04 bits per heavy atom. The molecule has 3 rings (SSSR count). The fourth-order valence-corrected chi connectivity index (χ4v) is 4.01. The van der Waals surface area contributed by atoms with Crippen LogP contribution >= 0.6 is 11.3 Å². The van der Waals surface area contributed by atoms with Gasteiger partial charge in [-0.25, -0.2) is 4.98 Å². The second-order valence-corrected chi connectivity index (χ2v) is 7.26. The third-order valence-corrected chi connectivity index (χ3v) is 5.66. The van der Waals surface area contributed by atoms with Gasteiger partial charge in [0, 0.05) is 25.3 Å². The highest BCUT2D eigenvalue weighted by atomic mass is 32.1. The molecule has 2 aromatic rings. The van der Waals surface area contributed by atoms with E-state index in [1.807, 2.05) is 20.8 Å². The molecule has 1 amide bonds. The third-order valence-electron chi connectivity index (χ3n) is 4.44. The lowest BCUT2D eigenvalue weighted by Crippen LogP contribution is -2.36. The number of carbonyl (C=O) groups excluding carboxylic acids is 1. The van der Waals surface area contributed by atoms with Crippen LogP contribution in [-0.2, 0) is 11.2 Å². The first kappa shape index (κ1) is 17.9. The summed E-state index contributed by atoms with van der Waals surface area (Å²) in [6.45, 7) is 9.67. The number of rotatable bonds is 6. The van der Waals surface area contributed by atoms with Crippen LogP contribution in [0.4, 0.5) is 5.13 Å². The molecular weight excluding hydrogens is 338 g/mol. The number of aromatic amines is 1. The minimum absolute atomic E-state index is 0.0323. The van der Waals surface area contributed by atoms with Crippen LogP contribution in [0, 0.1) is 20.8 Å². The number of amides is 1. The number of carbonyl (C=O) groups is 1. The van der Waals surface area contributed by atoms with E-state index in [2.05, 4.69) is 25.4 Å². The number of H-pyrrole nitrogens is 1. The summed E-state index contributed by atoms with van der Waals surface area (Å²) in [7, 11) is 0. The summed E-state index contributed by atoms with van der Waals surface area (Å²) in [5.74, 6) is -0.0323. The van der Waals surface area contributed by atoms with Crippen LogP contribution in [0.25, 0.3) is 0 Å². The van der Waals surface area contributed by atoms with Gasteiger partial charge >= 0.3 is 0 Å². The Balaban J connectivity index is 1.52. The van der Waals surface area contributed by atoms with Crippen molar-refractivity contribution in [2.75, 3.05) is 37.7 Å². The molecule has 2 aromatic heterocycles. The van der Waals surface area contributed by atoms with E-state index >= 15 is 0 Å². The SMILES string of the molecule is Cc1nc(N2CCOCC2)sc1C(=O)NCCCc1c(C)n[nH]c1C. The Morgan fingerprint density at radius 1 is 1.28 bits per heavy atom. The number of morpholine rings is 1. The average Bonchev–Trinajstić information content (AvgIpc) is 3.16. The van der Waals surface area contributed by atoms with Crippen LogP contribution in [-0.4, -0.2) is 53.9 Å². The first-order valence-electron chi connectivity index (χ1n) is 8.65. The zero-order valence-electron chi connectivity index (χ0n) is 15.0. The normalized spacial score (nSPS) is 14.8. The molecule has 0 unspecified atom stereocenters. The van der Waals surface area contributed by atoms with Crippen molar-refractivity contribution in [3.63, 3.8) is 0 Å². The van der Waals surface area contributed by atoms with Gasteiger partial charge in [0.15, 0.2) is 5.13 Å². The number of nitrogens with one attached hydrogen (secondary N) is 2. The molecule has 3 heterocycles. The molecule has 2 N–H and O–H groups in total. The molecule has 0 radical (unpaired) electrons. The predicted octanol–water partition coefficient (Wildman–Crippen LogP) is 1.99. The summed E-state index contributed by atoms with van der Waals surface area (Å²) in [6.07, 6.45) is 1.80. The van der Waals surface area contributed by atoms with Crippen LogP contribution in [0.15, 0.2) is 0 Å². The minimum Gasteiger partial charge on any atom is -0.378 e. The monoisotopic (exact) mass is 363 g/mol. The molecule has 0 aromatic carbocycles. The third kappa shape index (κ3) is 4.19. The molecular formula is C17H25N5O2S. The number of thiazole rings is 1. The first-order chi connectivity index (χ1) is 12.1. The van der Waals surface area contributed by atoms with Gasteiger partial charge in [-0.2, -0.15) is 5.10 Å². The van der Waals surface area contributed by atoms with Crippen molar-refractivity contribution in [2.24, 2.45) is 0 Å². The van der Waals surface area contributed by atoms with Crippen LogP contribution in [0.2, 0.25) is 0 Å². The van der Waals surface area contributed by atoms with Crippen molar-refractivity contribution >= 4 is 22.4 Å². The van der Waals surface area contributed by atoms with Crippen molar-refractivity contribution in [2.45, 2.75) is 33.6 Å². The van der Waals surface area contributed by atoms with Crippen molar-refractivity contribution in [3.8, 4) is 0 Å². The Hall–Kier alpha value is -1.93. The molecule has 1 aliphatic rings. The molecule has 0 bridgehead atoms. The second-order valence-electron chi connectivity index (χ2n) is 6.28. The molecule has 7 nitrogen and oxygen atoms in total. The lowest BCUT2D eigenvalue weighted by Gasteiger charge is -2.25. The highest BCUT2D eigenvalue weighted by Crippen LogP contribution is 2.26. The van der Waals surface area contributed by atoms with E-state index in [1.54, 1.807) is 0 Å². The van der Waals surface area contributed by atoms with E-state index in [4.69, 9.17) is 4.74 Å². The van der Waals surface area contributed by atoms with Crippen LogP contribution in [0.3, 0.4) is 0 Å². The largest absolute Gasteiger partial charge is 0.378 e. The van der Waals surface area contributed by atoms with Gasteiger partial charge in [0.25, 0.3) is 5.91 Å². The number of ether oxygens (including phenoxy) is 1. The van der Waals surface area contributed by atoms with E-state index in [9.17, 15) is 4.79 Å². The lowest BCUT2D eigenvalue weighted by atomic mass is 10.1. The fraction of sp³-hybridized carbons (Fsp3) is 0.588. The zero-order valence-corrected chi connectivity index (χ0v) is 15.8. The summed E-state index contributed by atoms with van der Waals surface area (Å²) >= 11 is 1.47. The highest BCUT2D eigenvalue weighted by Gasteiger charge is 2.20. The second kappa shape index (κ2) is 7.97. The van der Waals surface area contributed by atoms with Crippen molar-refractivity contribution in [3.05, 3.63) is 27.5 Å². The summed E-state index contributed by atoms with van der Waals surface area (Å²) in [6, 6.07) is 0. The van der Waals surface area contributed by atoms with Gasteiger partial charge in [-0.05, 0) is 39.2 Å². The number of hydrogen-bond donors (Lipinski definition) is 2. The molecule has 1 aliphatic heterocycles. The minimum atomic E-state index is -0.0323. The quantitative estimate of drug-likeness (QED) is 0.767. The highest BCUT2D eigenvalue weighted by molar-refractivity contribution is 7.17. The van der Waals surface area contributed by atoms with Crippen LogP contribution in [0.1, 0.15) is 38.7 Å². The maximum absolute atomic E-state index is 12.5. The zero-order chi connectivity index (χ0) is 17.8. The van der Waals surface area contributed by atoms with Gasteiger partial charge in [0.2, 0.25) is 0 Å². The number of nitrogens with zero attached hydrogens (tertiary/aromatic N) is 3. The van der Waals surface area contributed by atoms with E-state index in [0.717, 1.165) is 48.1 Å². The lowest BCUT2D eigenvalue weighted by molar-refractivity contribution is 0.0956. The van der Waals surface area contributed by atoms with Gasteiger partial charge < -0.3 is 15.0 Å². The molecule has 0 atom stereocenters. The maximum atomic E-state index is 12.5. The topological polar surface area (TPSA) is 83.1 Å². The Morgan fingerprint density at radius 3 is 2.72 bits per heavy atom. The molecule has 0 aliphatic carbocycles. The Labute approximate surface area is 151 Å².